The first-order valence-corrected chi connectivity index (χ1v) is 7.85. The Balaban J connectivity index is 2.09. The number of benzene rings is 1. The van der Waals surface area contributed by atoms with Gasteiger partial charge in [0, 0.05) is 24.3 Å². The molecule has 0 fully saturated rings. The SMILES string of the molecule is CC(=O)N1Cc2sc(Cl)cc2[C@H](c2ccccc2C)C1. The molecule has 1 aliphatic heterocycles. The van der Waals surface area contributed by atoms with Crippen molar-refractivity contribution in [1.82, 2.24) is 4.90 Å². The highest BCUT2D eigenvalue weighted by Gasteiger charge is 2.30. The molecule has 0 saturated heterocycles. The lowest BCUT2D eigenvalue weighted by molar-refractivity contribution is -0.129. The Hall–Kier alpha value is -1.32. The van der Waals surface area contributed by atoms with Crippen LogP contribution in [0.3, 0.4) is 0 Å². The number of rotatable bonds is 1. The Kier molecular flexibility index (Phi) is 3.57. The van der Waals surface area contributed by atoms with Crippen molar-refractivity contribution < 1.29 is 4.79 Å². The molecule has 1 aliphatic rings. The van der Waals surface area contributed by atoms with Crippen LogP contribution in [0, 0.1) is 6.92 Å². The highest BCUT2D eigenvalue weighted by atomic mass is 35.5. The van der Waals surface area contributed by atoms with Crippen molar-refractivity contribution >= 4 is 28.8 Å². The van der Waals surface area contributed by atoms with E-state index in [-0.39, 0.29) is 11.8 Å². The molecule has 1 amide bonds. The molecule has 1 aromatic carbocycles. The highest BCUT2D eigenvalue weighted by molar-refractivity contribution is 7.16. The van der Waals surface area contributed by atoms with Gasteiger partial charge in [-0.3, -0.25) is 4.79 Å². The van der Waals surface area contributed by atoms with Crippen molar-refractivity contribution in [1.29, 1.82) is 0 Å². The second-order valence-electron chi connectivity index (χ2n) is 5.24. The lowest BCUT2D eigenvalue weighted by Gasteiger charge is -2.33. The van der Waals surface area contributed by atoms with E-state index in [2.05, 4.69) is 31.2 Å². The maximum Gasteiger partial charge on any atom is 0.219 e. The summed E-state index contributed by atoms with van der Waals surface area (Å²) in [5.74, 6) is 0.353. The summed E-state index contributed by atoms with van der Waals surface area (Å²) in [5, 5.41) is 0. The number of fused-ring (bicyclic) bond motifs is 1. The van der Waals surface area contributed by atoms with E-state index in [1.54, 1.807) is 18.3 Å². The largest absolute Gasteiger partial charge is 0.337 e. The third-order valence-electron chi connectivity index (χ3n) is 3.93. The van der Waals surface area contributed by atoms with Crippen LogP contribution in [0.4, 0.5) is 0 Å². The van der Waals surface area contributed by atoms with Crippen LogP contribution in [0.2, 0.25) is 4.34 Å². The van der Waals surface area contributed by atoms with Gasteiger partial charge in [-0.2, -0.15) is 0 Å². The fraction of sp³-hybridized carbons (Fsp3) is 0.312. The molecule has 0 unspecified atom stereocenters. The average Bonchev–Trinajstić information content (AvgIpc) is 2.78. The molecule has 0 spiro atoms. The molecule has 2 aromatic rings. The van der Waals surface area contributed by atoms with Gasteiger partial charge in [-0.15, -0.1) is 11.3 Å². The van der Waals surface area contributed by atoms with Gasteiger partial charge in [-0.05, 0) is 29.7 Å². The maximum absolute atomic E-state index is 11.8. The Labute approximate surface area is 128 Å². The van der Waals surface area contributed by atoms with Gasteiger partial charge < -0.3 is 4.90 Å². The highest BCUT2D eigenvalue weighted by Crippen LogP contribution is 2.40. The van der Waals surface area contributed by atoms with Crippen LogP contribution in [0.25, 0.3) is 0 Å². The summed E-state index contributed by atoms with van der Waals surface area (Å²) in [5.41, 5.74) is 3.83. The summed E-state index contributed by atoms with van der Waals surface area (Å²) in [6.07, 6.45) is 0. The van der Waals surface area contributed by atoms with E-state index in [0.29, 0.717) is 6.54 Å². The van der Waals surface area contributed by atoms with Crippen molar-refractivity contribution in [3.8, 4) is 0 Å². The zero-order valence-electron chi connectivity index (χ0n) is 11.5. The molecule has 2 nitrogen and oxygen atoms in total. The van der Waals surface area contributed by atoms with Crippen LogP contribution in [0.1, 0.15) is 34.4 Å². The number of hydrogen-bond donors (Lipinski definition) is 0. The van der Waals surface area contributed by atoms with Crippen molar-refractivity contribution in [2.75, 3.05) is 6.54 Å². The fourth-order valence-electron chi connectivity index (χ4n) is 2.87. The van der Waals surface area contributed by atoms with Crippen LogP contribution in [-0.4, -0.2) is 17.4 Å². The van der Waals surface area contributed by atoms with Gasteiger partial charge in [0.05, 0.1) is 10.9 Å². The van der Waals surface area contributed by atoms with E-state index in [1.807, 2.05) is 11.0 Å². The number of aryl methyl sites for hydroxylation is 1. The number of halogens is 1. The third-order valence-corrected chi connectivity index (χ3v) is 5.20. The number of carbonyl (C=O) groups excluding carboxylic acids is 1. The Morgan fingerprint density at radius 1 is 1.35 bits per heavy atom. The summed E-state index contributed by atoms with van der Waals surface area (Å²) in [7, 11) is 0. The predicted molar refractivity (Wildman–Crippen MR) is 83.4 cm³/mol. The number of amides is 1. The van der Waals surface area contributed by atoms with Crippen molar-refractivity contribution in [3.63, 3.8) is 0 Å². The first kappa shape index (κ1) is 13.7. The topological polar surface area (TPSA) is 20.3 Å². The first-order valence-electron chi connectivity index (χ1n) is 6.65. The first-order chi connectivity index (χ1) is 9.56. The molecule has 0 bridgehead atoms. The zero-order chi connectivity index (χ0) is 14.3. The molecule has 1 atom stereocenters. The van der Waals surface area contributed by atoms with Gasteiger partial charge in [0.2, 0.25) is 5.91 Å². The van der Waals surface area contributed by atoms with Crippen LogP contribution in [0.15, 0.2) is 30.3 Å². The van der Waals surface area contributed by atoms with Crippen LogP contribution in [0.5, 0.6) is 0 Å². The Morgan fingerprint density at radius 2 is 2.10 bits per heavy atom. The Morgan fingerprint density at radius 3 is 2.80 bits per heavy atom. The molecule has 0 saturated carbocycles. The molecule has 0 radical (unpaired) electrons. The summed E-state index contributed by atoms with van der Waals surface area (Å²) in [6, 6.07) is 10.4. The number of hydrogen-bond acceptors (Lipinski definition) is 2. The van der Waals surface area contributed by atoms with Gasteiger partial charge in [0.1, 0.15) is 0 Å². The molecule has 0 N–H and O–H groups in total. The van der Waals surface area contributed by atoms with E-state index in [9.17, 15) is 4.79 Å². The summed E-state index contributed by atoms with van der Waals surface area (Å²) >= 11 is 7.77. The second kappa shape index (κ2) is 5.23. The van der Waals surface area contributed by atoms with Gasteiger partial charge in [0.15, 0.2) is 0 Å². The van der Waals surface area contributed by atoms with Crippen LogP contribution in [-0.2, 0) is 11.3 Å². The second-order valence-corrected chi connectivity index (χ2v) is 7.01. The van der Waals surface area contributed by atoms with E-state index in [1.165, 1.54) is 21.6 Å². The maximum atomic E-state index is 11.8. The normalized spacial score (nSPS) is 17.9. The van der Waals surface area contributed by atoms with E-state index < -0.39 is 0 Å². The van der Waals surface area contributed by atoms with Crippen LogP contribution < -0.4 is 0 Å². The van der Waals surface area contributed by atoms with Crippen molar-refractivity contribution in [2.45, 2.75) is 26.3 Å². The van der Waals surface area contributed by atoms with Crippen LogP contribution >= 0.6 is 22.9 Å². The smallest absolute Gasteiger partial charge is 0.219 e. The van der Waals surface area contributed by atoms with Crippen molar-refractivity contribution in [2.24, 2.45) is 0 Å². The minimum absolute atomic E-state index is 0.124. The summed E-state index contributed by atoms with van der Waals surface area (Å²) < 4.78 is 0.805. The quantitative estimate of drug-likeness (QED) is 0.773. The minimum atomic E-state index is 0.124. The Bertz CT molecular complexity index is 664. The van der Waals surface area contributed by atoms with E-state index in [0.717, 1.165) is 10.9 Å². The molecule has 3 rings (SSSR count). The molecule has 4 heteroatoms. The molecular formula is C16H16ClNOS. The lowest BCUT2D eigenvalue weighted by Crippen LogP contribution is -2.36. The molecule has 2 heterocycles. The lowest BCUT2D eigenvalue weighted by atomic mass is 9.86. The molecule has 0 aliphatic carbocycles. The molecule has 104 valence electrons. The van der Waals surface area contributed by atoms with Gasteiger partial charge >= 0.3 is 0 Å². The third kappa shape index (κ3) is 2.36. The molecule has 1 aromatic heterocycles. The monoisotopic (exact) mass is 305 g/mol. The minimum Gasteiger partial charge on any atom is -0.337 e. The van der Waals surface area contributed by atoms with Gasteiger partial charge in [-0.1, -0.05) is 35.9 Å². The van der Waals surface area contributed by atoms with Gasteiger partial charge in [0.25, 0.3) is 0 Å². The molecule has 20 heavy (non-hydrogen) atoms. The average molecular weight is 306 g/mol. The van der Waals surface area contributed by atoms with Crippen molar-refractivity contribution in [3.05, 3.63) is 56.2 Å². The van der Waals surface area contributed by atoms with E-state index >= 15 is 0 Å². The summed E-state index contributed by atoms with van der Waals surface area (Å²) in [6.45, 7) is 5.18. The van der Waals surface area contributed by atoms with Gasteiger partial charge in [-0.25, -0.2) is 0 Å². The fourth-order valence-corrected chi connectivity index (χ4v) is 4.23. The summed E-state index contributed by atoms with van der Waals surface area (Å²) in [4.78, 5) is 14.9. The van der Waals surface area contributed by atoms with E-state index in [4.69, 9.17) is 11.6 Å². The zero-order valence-corrected chi connectivity index (χ0v) is 13.1. The number of thiophene rings is 1. The predicted octanol–water partition coefficient (Wildman–Crippen LogP) is 4.20. The number of carbonyl (C=O) groups is 1. The number of nitrogens with zero attached hydrogens (tertiary/aromatic N) is 1. The molecular weight excluding hydrogens is 290 g/mol. The standard InChI is InChI=1S/C16H16ClNOS/c1-10-5-3-4-6-12(10)14-8-18(11(2)19)9-15-13(14)7-16(17)20-15/h3-7,14H,8-9H2,1-2H3/t14-/m0/s1.